The van der Waals surface area contributed by atoms with E-state index in [0.29, 0.717) is 36.9 Å². The van der Waals surface area contributed by atoms with Crippen LogP contribution in [0.2, 0.25) is 0 Å². The van der Waals surface area contributed by atoms with Crippen molar-refractivity contribution in [2.75, 3.05) is 25.9 Å². The van der Waals surface area contributed by atoms with E-state index in [1.165, 1.54) is 10.6 Å². The molecule has 0 aliphatic carbocycles. The number of nitrogens with zero attached hydrogens (tertiary/aromatic N) is 1. The monoisotopic (exact) mass is 314 g/mol. The van der Waals surface area contributed by atoms with Gasteiger partial charge in [0.2, 0.25) is 10.0 Å². The van der Waals surface area contributed by atoms with E-state index in [9.17, 15) is 13.2 Å². The fourth-order valence-corrected chi connectivity index (χ4v) is 3.51. The first-order chi connectivity index (χ1) is 9.77. The van der Waals surface area contributed by atoms with E-state index in [1.54, 1.807) is 13.0 Å². The van der Waals surface area contributed by atoms with Crippen molar-refractivity contribution >= 4 is 15.9 Å². The van der Waals surface area contributed by atoms with Gasteiger partial charge in [0.1, 0.15) is 11.5 Å². The average molecular weight is 314 g/mol. The van der Waals surface area contributed by atoms with Gasteiger partial charge < -0.3 is 9.73 Å². The Morgan fingerprint density at radius 2 is 2.00 bits per heavy atom. The van der Waals surface area contributed by atoms with Crippen LogP contribution in [0.15, 0.2) is 10.5 Å². The Morgan fingerprint density at radius 3 is 2.48 bits per heavy atom. The molecule has 0 saturated carbocycles. The first-order valence-corrected chi connectivity index (χ1v) is 8.92. The summed E-state index contributed by atoms with van der Waals surface area (Å²) in [5.41, 5.74) is 0.570. The molecule has 1 aliphatic heterocycles. The fourth-order valence-electron chi connectivity index (χ4n) is 2.63. The highest BCUT2D eigenvalue weighted by Crippen LogP contribution is 2.19. The number of carbonyl (C=O) groups is 1. The summed E-state index contributed by atoms with van der Waals surface area (Å²) in [4.78, 5) is 12.1. The predicted octanol–water partition coefficient (Wildman–Crippen LogP) is 1.30. The van der Waals surface area contributed by atoms with Gasteiger partial charge in [-0.1, -0.05) is 0 Å². The summed E-state index contributed by atoms with van der Waals surface area (Å²) >= 11 is 0. The Balaban J connectivity index is 1.82. The molecule has 0 spiro atoms. The lowest BCUT2D eigenvalue weighted by Crippen LogP contribution is -2.41. The minimum absolute atomic E-state index is 0.130. The molecule has 2 heterocycles. The maximum Gasteiger partial charge on any atom is 0.254 e. The number of amides is 1. The van der Waals surface area contributed by atoms with Crippen LogP contribution in [0.5, 0.6) is 0 Å². The molecule has 6 nitrogen and oxygen atoms in total. The van der Waals surface area contributed by atoms with Crippen LogP contribution >= 0.6 is 0 Å². The standard InChI is InChI=1S/C14H22N2O4S/c1-10-8-13(11(2)20-10)14(17)15-9-12-4-6-16(7-5-12)21(3,18)19/h8,12H,4-7,9H2,1-3H3,(H,15,17). The molecule has 1 aliphatic rings. The molecule has 1 aromatic heterocycles. The molecule has 1 aromatic rings. The lowest BCUT2D eigenvalue weighted by Gasteiger charge is -2.30. The van der Waals surface area contributed by atoms with E-state index in [2.05, 4.69) is 5.32 Å². The topological polar surface area (TPSA) is 79.6 Å². The second-order valence-electron chi connectivity index (χ2n) is 5.64. The van der Waals surface area contributed by atoms with Gasteiger partial charge in [-0.15, -0.1) is 0 Å². The SMILES string of the molecule is Cc1cc(C(=O)NCC2CCN(S(C)(=O)=O)CC2)c(C)o1. The molecule has 21 heavy (non-hydrogen) atoms. The van der Waals surface area contributed by atoms with Gasteiger partial charge in [-0.2, -0.15) is 0 Å². The van der Waals surface area contributed by atoms with Crippen LogP contribution in [0.4, 0.5) is 0 Å². The zero-order valence-corrected chi connectivity index (χ0v) is 13.5. The molecule has 118 valence electrons. The zero-order chi connectivity index (χ0) is 15.6. The normalized spacial score (nSPS) is 17.9. The summed E-state index contributed by atoms with van der Waals surface area (Å²) in [5, 5.41) is 2.91. The van der Waals surface area contributed by atoms with Gasteiger partial charge in [-0.05, 0) is 38.7 Å². The Kier molecular flexibility index (Phi) is 4.73. The molecular weight excluding hydrogens is 292 g/mol. The van der Waals surface area contributed by atoms with E-state index in [0.717, 1.165) is 18.6 Å². The molecule has 0 radical (unpaired) electrons. The highest BCUT2D eigenvalue weighted by molar-refractivity contribution is 7.88. The van der Waals surface area contributed by atoms with Gasteiger partial charge in [0.05, 0.1) is 11.8 Å². The molecule has 1 N–H and O–H groups in total. The van der Waals surface area contributed by atoms with Gasteiger partial charge in [0.25, 0.3) is 5.91 Å². The minimum Gasteiger partial charge on any atom is -0.466 e. The molecule has 7 heteroatoms. The molecule has 0 atom stereocenters. The third-order valence-electron chi connectivity index (χ3n) is 3.88. The molecule has 0 aromatic carbocycles. The van der Waals surface area contributed by atoms with Crippen LogP contribution in [0.3, 0.4) is 0 Å². The number of carbonyl (C=O) groups excluding carboxylic acids is 1. The summed E-state index contributed by atoms with van der Waals surface area (Å²) in [6.07, 6.45) is 2.78. The number of nitrogens with one attached hydrogen (secondary N) is 1. The number of piperidine rings is 1. The average Bonchev–Trinajstić information content (AvgIpc) is 2.74. The second kappa shape index (κ2) is 6.19. The molecule has 1 fully saturated rings. The first kappa shape index (κ1) is 16.0. The summed E-state index contributed by atoms with van der Waals surface area (Å²) in [6, 6.07) is 1.73. The van der Waals surface area contributed by atoms with Crippen LogP contribution in [0.25, 0.3) is 0 Å². The summed E-state index contributed by atoms with van der Waals surface area (Å²) in [7, 11) is -3.09. The Hall–Kier alpha value is -1.34. The van der Waals surface area contributed by atoms with Crippen molar-refractivity contribution in [2.45, 2.75) is 26.7 Å². The van der Waals surface area contributed by atoms with E-state index in [1.807, 2.05) is 6.92 Å². The van der Waals surface area contributed by atoms with Crippen molar-refractivity contribution in [3.8, 4) is 0 Å². The smallest absolute Gasteiger partial charge is 0.254 e. The lowest BCUT2D eigenvalue weighted by atomic mass is 9.98. The number of rotatable bonds is 4. The molecule has 0 unspecified atom stereocenters. The zero-order valence-electron chi connectivity index (χ0n) is 12.7. The first-order valence-electron chi connectivity index (χ1n) is 7.07. The van der Waals surface area contributed by atoms with E-state index >= 15 is 0 Å². The maximum atomic E-state index is 12.1. The van der Waals surface area contributed by atoms with Crippen LogP contribution in [0, 0.1) is 19.8 Å². The predicted molar refractivity (Wildman–Crippen MR) is 79.7 cm³/mol. The maximum absolute atomic E-state index is 12.1. The van der Waals surface area contributed by atoms with E-state index in [4.69, 9.17) is 4.42 Å². The van der Waals surface area contributed by atoms with E-state index in [-0.39, 0.29) is 5.91 Å². The number of hydrogen-bond donors (Lipinski definition) is 1. The fraction of sp³-hybridized carbons (Fsp3) is 0.643. The molecule has 2 rings (SSSR count). The highest BCUT2D eigenvalue weighted by Gasteiger charge is 2.25. The molecule has 0 bridgehead atoms. The van der Waals surface area contributed by atoms with Crippen LogP contribution in [-0.2, 0) is 10.0 Å². The van der Waals surface area contributed by atoms with Crippen LogP contribution in [-0.4, -0.2) is 44.5 Å². The number of aryl methyl sites for hydroxylation is 2. The number of sulfonamides is 1. The Morgan fingerprint density at radius 1 is 1.38 bits per heavy atom. The van der Waals surface area contributed by atoms with Crippen molar-refractivity contribution in [1.29, 1.82) is 0 Å². The van der Waals surface area contributed by atoms with Gasteiger partial charge in [0.15, 0.2) is 0 Å². The van der Waals surface area contributed by atoms with Crippen molar-refractivity contribution < 1.29 is 17.6 Å². The van der Waals surface area contributed by atoms with Crippen molar-refractivity contribution in [3.63, 3.8) is 0 Å². The number of hydrogen-bond acceptors (Lipinski definition) is 4. The van der Waals surface area contributed by atoms with Gasteiger partial charge in [-0.25, -0.2) is 12.7 Å². The second-order valence-corrected chi connectivity index (χ2v) is 7.62. The van der Waals surface area contributed by atoms with Gasteiger partial charge in [-0.3, -0.25) is 4.79 Å². The van der Waals surface area contributed by atoms with Gasteiger partial charge >= 0.3 is 0 Å². The molecule has 1 amide bonds. The van der Waals surface area contributed by atoms with Crippen LogP contribution < -0.4 is 5.32 Å². The Bertz CT molecular complexity index is 613. The number of furan rings is 1. The van der Waals surface area contributed by atoms with Crippen molar-refractivity contribution in [1.82, 2.24) is 9.62 Å². The summed E-state index contributed by atoms with van der Waals surface area (Å²) in [6.45, 7) is 5.21. The van der Waals surface area contributed by atoms with E-state index < -0.39 is 10.0 Å². The molecular formula is C14H22N2O4S. The third-order valence-corrected chi connectivity index (χ3v) is 5.18. The summed E-state index contributed by atoms with van der Waals surface area (Å²) < 4.78 is 29.7. The van der Waals surface area contributed by atoms with Crippen molar-refractivity contribution in [2.24, 2.45) is 5.92 Å². The highest BCUT2D eigenvalue weighted by atomic mass is 32.2. The quantitative estimate of drug-likeness (QED) is 0.908. The minimum atomic E-state index is -3.09. The van der Waals surface area contributed by atoms with Gasteiger partial charge in [0, 0.05) is 19.6 Å². The van der Waals surface area contributed by atoms with Crippen molar-refractivity contribution in [3.05, 3.63) is 23.2 Å². The largest absolute Gasteiger partial charge is 0.466 e. The lowest BCUT2D eigenvalue weighted by molar-refractivity contribution is 0.0940. The Labute approximate surface area is 125 Å². The summed E-state index contributed by atoms with van der Waals surface area (Å²) in [5.74, 6) is 1.53. The third kappa shape index (κ3) is 4.07. The van der Waals surface area contributed by atoms with Crippen LogP contribution in [0.1, 0.15) is 34.7 Å². The molecule has 1 saturated heterocycles.